The summed E-state index contributed by atoms with van der Waals surface area (Å²) < 4.78 is 1.75. The minimum absolute atomic E-state index is 0.214. The van der Waals surface area contributed by atoms with Crippen molar-refractivity contribution in [3.8, 4) is 0 Å². The van der Waals surface area contributed by atoms with Gasteiger partial charge in [0.25, 0.3) is 5.91 Å². The molecule has 0 aliphatic heterocycles. The molecular weight excluding hydrogens is 220 g/mol. The van der Waals surface area contributed by atoms with Crippen LogP contribution in [-0.4, -0.2) is 32.6 Å². The van der Waals surface area contributed by atoms with Crippen LogP contribution in [0.5, 0.6) is 0 Å². The molecule has 0 saturated carbocycles. The number of aliphatic hydroxyl groups is 1. The molecule has 1 rings (SSSR count). The predicted octanol–water partition coefficient (Wildman–Crippen LogP) is 0.492. The molecule has 3 N–H and O–H groups in total. The fraction of sp³-hybridized carbons (Fsp3) is 0.727. The summed E-state index contributed by atoms with van der Waals surface area (Å²) in [6, 6.07) is 0. The Labute approximate surface area is 101 Å². The van der Waals surface area contributed by atoms with Gasteiger partial charge in [-0.3, -0.25) is 4.79 Å². The highest BCUT2D eigenvalue weighted by Crippen LogP contribution is 2.09. The molecule has 1 heterocycles. The second-order valence-corrected chi connectivity index (χ2v) is 4.01. The number of unbranched alkanes of at least 4 members (excludes halogenated alkanes) is 2. The molecule has 0 aromatic carbocycles. The van der Waals surface area contributed by atoms with Crippen LogP contribution in [-0.2, 0) is 13.0 Å². The molecule has 0 aliphatic rings. The number of carbonyl (C=O) groups is 1. The number of hydrogen-bond acceptors (Lipinski definition) is 4. The molecule has 96 valence electrons. The van der Waals surface area contributed by atoms with Crippen LogP contribution >= 0.6 is 0 Å². The van der Waals surface area contributed by atoms with Gasteiger partial charge in [0, 0.05) is 13.2 Å². The molecular formula is C11H20N4O2. The second-order valence-electron chi connectivity index (χ2n) is 4.01. The minimum atomic E-state index is -0.518. The normalized spacial score (nSPS) is 10.7. The van der Waals surface area contributed by atoms with E-state index in [0.29, 0.717) is 0 Å². The summed E-state index contributed by atoms with van der Waals surface area (Å²) in [6.45, 7) is 2.97. The van der Waals surface area contributed by atoms with Gasteiger partial charge in [-0.1, -0.05) is 18.6 Å². The van der Waals surface area contributed by atoms with Gasteiger partial charge in [0.2, 0.25) is 0 Å². The monoisotopic (exact) mass is 240 g/mol. The highest BCUT2D eigenvalue weighted by atomic mass is 16.2. The van der Waals surface area contributed by atoms with Crippen molar-refractivity contribution < 1.29 is 9.90 Å². The lowest BCUT2D eigenvalue weighted by Crippen LogP contribution is -2.15. The van der Waals surface area contributed by atoms with Crippen molar-refractivity contribution >= 4 is 5.91 Å². The Morgan fingerprint density at radius 3 is 2.76 bits per heavy atom. The number of nitrogens with zero attached hydrogens (tertiary/aromatic N) is 3. The van der Waals surface area contributed by atoms with E-state index < -0.39 is 5.91 Å². The minimum Gasteiger partial charge on any atom is -0.396 e. The van der Waals surface area contributed by atoms with Crippen LogP contribution < -0.4 is 5.73 Å². The van der Waals surface area contributed by atoms with E-state index in [2.05, 4.69) is 10.3 Å². The smallest absolute Gasteiger partial charge is 0.271 e. The summed E-state index contributed by atoms with van der Waals surface area (Å²) in [5, 5.41) is 16.5. The number of nitrogens with two attached hydrogens (primary N) is 1. The predicted molar refractivity (Wildman–Crippen MR) is 63.5 cm³/mol. The third-order valence-corrected chi connectivity index (χ3v) is 2.59. The summed E-state index contributed by atoms with van der Waals surface area (Å²) in [5.41, 5.74) is 6.36. The Morgan fingerprint density at radius 2 is 2.18 bits per heavy atom. The average molecular weight is 240 g/mol. The first-order valence-electron chi connectivity index (χ1n) is 6.03. The molecule has 0 radical (unpaired) electrons. The van der Waals surface area contributed by atoms with Crippen LogP contribution in [0.25, 0.3) is 0 Å². The Bertz CT molecular complexity index is 362. The van der Waals surface area contributed by atoms with Crippen LogP contribution in [0, 0.1) is 0 Å². The number of aromatic nitrogens is 3. The maximum Gasteiger partial charge on any atom is 0.271 e. The van der Waals surface area contributed by atoms with E-state index in [9.17, 15) is 4.79 Å². The summed E-state index contributed by atoms with van der Waals surface area (Å²) in [5.74, 6) is -0.518. The molecule has 6 nitrogen and oxygen atoms in total. The maximum atomic E-state index is 11.2. The fourth-order valence-corrected chi connectivity index (χ4v) is 1.74. The van der Waals surface area contributed by atoms with Crippen LogP contribution in [0.4, 0.5) is 0 Å². The van der Waals surface area contributed by atoms with Crippen LogP contribution in [0.2, 0.25) is 0 Å². The molecule has 17 heavy (non-hydrogen) atoms. The lowest BCUT2D eigenvalue weighted by atomic mass is 10.2. The number of aryl methyl sites for hydroxylation is 1. The average Bonchev–Trinajstić information content (AvgIpc) is 2.69. The third-order valence-electron chi connectivity index (χ3n) is 2.59. The van der Waals surface area contributed by atoms with Crippen molar-refractivity contribution in [2.75, 3.05) is 6.61 Å². The summed E-state index contributed by atoms with van der Waals surface area (Å²) in [6.07, 6.45) is 4.32. The molecule has 1 amide bonds. The van der Waals surface area contributed by atoms with E-state index in [1.54, 1.807) is 4.68 Å². The van der Waals surface area contributed by atoms with Gasteiger partial charge in [-0.25, -0.2) is 4.68 Å². The summed E-state index contributed by atoms with van der Waals surface area (Å²) >= 11 is 0. The highest BCUT2D eigenvalue weighted by Gasteiger charge is 2.15. The molecule has 6 heteroatoms. The maximum absolute atomic E-state index is 11.2. The summed E-state index contributed by atoms with van der Waals surface area (Å²) in [4.78, 5) is 11.2. The molecule has 0 aliphatic carbocycles. The second kappa shape index (κ2) is 7.01. The number of carbonyl (C=O) groups excluding carboxylic acids is 1. The van der Waals surface area contributed by atoms with Gasteiger partial charge in [0.1, 0.15) is 0 Å². The lowest BCUT2D eigenvalue weighted by Gasteiger charge is -2.05. The van der Waals surface area contributed by atoms with Crippen molar-refractivity contribution in [2.45, 2.75) is 45.6 Å². The van der Waals surface area contributed by atoms with Gasteiger partial charge in [-0.15, -0.1) is 5.10 Å². The Hall–Kier alpha value is -1.43. The van der Waals surface area contributed by atoms with Gasteiger partial charge in [0.15, 0.2) is 5.69 Å². The topological polar surface area (TPSA) is 94.0 Å². The van der Waals surface area contributed by atoms with Crippen LogP contribution in [0.3, 0.4) is 0 Å². The molecule has 1 aromatic heterocycles. The Balaban J connectivity index is 2.67. The Kier molecular flexibility index (Phi) is 5.62. The molecule has 0 atom stereocenters. The number of hydrogen-bond donors (Lipinski definition) is 2. The lowest BCUT2D eigenvalue weighted by molar-refractivity contribution is 0.0994. The Morgan fingerprint density at radius 1 is 1.41 bits per heavy atom. The third kappa shape index (κ3) is 3.81. The quantitative estimate of drug-likeness (QED) is 0.647. The van der Waals surface area contributed by atoms with E-state index >= 15 is 0 Å². The molecule has 0 fully saturated rings. The first kappa shape index (κ1) is 13.6. The van der Waals surface area contributed by atoms with E-state index in [4.69, 9.17) is 10.8 Å². The fourth-order valence-electron chi connectivity index (χ4n) is 1.74. The van der Waals surface area contributed by atoms with Gasteiger partial charge >= 0.3 is 0 Å². The largest absolute Gasteiger partial charge is 0.396 e. The molecule has 0 saturated heterocycles. The van der Waals surface area contributed by atoms with Crippen molar-refractivity contribution in [3.05, 3.63) is 11.4 Å². The van der Waals surface area contributed by atoms with E-state index in [-0.39, 0.29) is 12.3 Å². The first-order valence-corrected chi connectivity index (χ1v) is 6.03. The zero-order valence-corrected chi connectivity index (χ0v) is 10.2. The van der Waals surface area contributed by atoms with Crippen LogP contribution in [0.15, 0.2) is 0 Å². The molecule has 0 spiro atoms. The van der Waals surface area contributed by atoms with E-state index in [0.717, 1.165) is 44.3 Å². The van der Waals surface area contributed by atoms with Crippen molar-refractivity contribution in [3.63, 3.8) is 0 Å². The van der Waals surface area contributed by atoms with Crippen molar-refractivity contribution in [2.24, 2.45) is 5.73 Å². The van der Waals surface area contributed by atoms with Gasteiger partial charge in [0.05, 0.1) is 5.69 Å². The first-order chi connectivity index (χ1) is 8.20. The number of primary amides is 1. The number of aliphatic hydroxyl groups excluding tert-OH is 1. The SMILES string of the molecule is CCCc1c(C(N)=O)nnn1CCCCCO. The van der Waals surface area contributed by atoms with Crippen molar-refractivity contribution in [1.29, 1.82) is 0 Å². The van der Waals surface area contributed by atoms with Crippen molar-refractivity contribution in [1.82, 2.24) is 15.0 Å². The molecule has 1 aromatic rings. The number of amides is 1. The van der Waals surface area contributed by atoms with E-state index in [1.165, 1.54) is 0 Å². The zero-order chi connectivity index (χ0) is 12.7. The van der Waals surface area contributed by atoms with Gasteiger partial charge < -0.3 is 10.8 Å². The van der Waals surface area contributed by atoms with Gasteiger partial charge in [-0.05, 0) is 25.7 Å². The highest BCUT2D eigenvalue weighted by molar-refractivity contribution is 5.91. The standard InChI is InChI=1S/C11H20N4O2/c1-2-6-9-10(11(12)17)13-14-15(9)7-4-3-5-8-16/h16H,2-8H2,1H3,(H2,12,17). The van der Waals surface area contributed by atoms with E-state index in [1.807, 2.05) is 6.92 Å². The van der Waals surface area contributed by atoms with Gasteiger partial charge in [-0.2, -0.15) is 0 Å². The summed E-state index contributed by atoms with van der Waals surface area (Å²) in [7, 11) is 0. The number of rotatable bonds is 8. The molecule has 0 unspecified atom stereocenters. The van der Waals surface area contributed by atoms with Crippen LogP contribution in [0.1, 0.15) is 48.8 Å². The zero-order valence-electron chi connectivity index (χ0n) is 10.2. The molecule has 0 bridgehead atoms.